The van der Waals surface area contributed by atoms with Gasteiger partial charge < -0.3 is 9.64 Å². The van der Waals surface area contributed by atoms with Gasteiger partial charge in [0.1, 0.15) is 6.61 Å². The van der Waals surface area contributed by atoms with Gasteiger partial charge in [0.2, 0.25) is 5.91 Å². The molecule has 2 saturated heterocycles. The number of hydrogen-bond acceptors (Lipinski definition) is 4. The van der Waals surface area contributed by atoms with E-state index in [-0.39, 0.29) is 24.2 Å². The summed E-state index contributed by atoms with van der Waals surface area (Å²) in [5, 5.41) is 4.38. The Bertz CT molecular complexity index is 547. The van der Waals surface area contributed by atoms with Crippen LogP contribution in [-0.4, -0.2) is 53.6 Å². The summed E-state index contributed by atoms with van der Waals surface area (Å²) in [6.07, 6.45) is 4.65. The molecule has 0 radical (unpaired) electrons. The van der Waals surface area contributed by atoms with Gasteiger partial charge in [-0.25, -0.2) is 0 Å². The van der Waals surface area contributed by atoms with E-state index < -0.39 is 0 Å². The van der Waals surface area contributed by atoms with Crippen LogP contribution in [-0.2, 0) is 16.1 Å². The lowest BCUT2D eigenvalue weighted by Crippen LogP contribution is -2.64. The minimum Gasteiger partial charge on any atom is -0.363 e. The number of hydrogen-bond donors (Lipinski definition) is 0. The third kappa shape index (κ3) is 3.19. The number of piperidine rings is 1. The molecule has 1 saturated carbocycles. The summed E-state index contributed by atoms with van der Waals surface area (Å²) in [5.74, 6) is 0.936. The molecule has 3 aliphatic rings. The fourth-order valence-corrected chi connectivity index (χ4v) is 4.70. The molecule has 3 heterocycles. The van der Waals surface area contributed by atoms with Crippen molar-refractivity contribution in [2.75, 3.05) is 26.2 Å². The summed E-state index contributed by atoms with van der Waals surface area (Å²) in [5.41, 5.74) is 1.29. The normalized spacial score (nSPS) is 28.5. The fourth-order valence-electron chi connectivity index (χ4n) is 4.04. The second kappa shape index (κ2) is 6.19. The van der Waals surface area contributed by atoms with Gasteiger partial charge in [0, 0.05) is 26.2 Å². The average Bonchev–Trinajstić information content (AvgIpc) is 3.24. The fraction of sp³-hybridized carbons (Fsp3) is 0.722. The van der Waals surface area contributed by atoms with E-state index in [0.717, 1.165) is 44.9 Å². The molecule has 1 atom stereocenters. The highest BCUT2D eigenvalue weighted by molar-refractivity contribution is 7.07. The Morgan fingerprint density at radius 1 is 1.35 bits per heavy atom. The molecule has 2 aliphatic heterocycles. The summed E-state index contributed by atoms with van der Waals surface area (Å²) in [7, 11) is 0. The van der Waals surface area contributed by atoms with Crippen molar-refractivity contribution in [2.45, 2.75) is 50.8 Å². The van der Waals surface area contributed by atoms with Gasteiger partial charge in [-0.3, -0.25) is 9.69 Å². The summed E-state index contributed by atoms with van der Waals surface area (Å²) in [6, 6.07) is 2.43. The number of carbonyl (C=O) groups is 1. The molecule has 4 nitrogen and oxygen atoms in total. The number of carbonyl (C=O) groups excluding carboxylic acids is 1. The van der Waals surface area contributed by atoms with Crippen molar-refractivity contribution in [3.05, 3.63) is 22.4 Å². The van der Waals surface area contributed by atoms with Gasteiger partial charge in [0.05, 0.1) is 11.6 Å². The first-order chi connectivity index (χ1) is 11.2. The lowest BCUT2D eigenvalue weighted by atomic mass is 9.82. The van der Waals surface area contributed by atoms with Crippen LogP contribution < -0.4 is 0 Å². The molecule has 23 heavy (non-hydrogen) atoms. The molecule has 5 heteroatoms. The second-order valence-corrected chi connectivity index (χ2v) is 8.21. The van der Waals surface area contributed by atoms with Crippen molar-refractivity contribution in [1.29, 1.82) is 0 Å². The third-order valence-electron chi connectivity index (χ3n) is 5.87. The Balaban J connectivity index is 1.39. The zero-order valence-corrected chi connectivity index (χ0v) is 14.7. The predicted octanol–water partition coefficient (Wildman–Crippen LogP) is 2.74. The van der Waals surface area contributed by atoms with E-state index in [9.17, 15) is 4.79 Å². The molecule has 1 spiro atoms. The standard InChI is InChI=1S/C18H26N2O2S/c1-14-18(22-12-17(21)20(14)11-15-2-3-15)5-7-19(8-6-18)10-16-4-9-23-13-16/h4,9,13-15H,2-3,5-8,10-12H2,1H3/t14-/m0/s1. The first-order valence-corrected chi connectivity index (χ1v) is 9.77. The Kier molecular flexibility index (Phi) is 4.20. The molecule has 1 aromatic rings. The van der Waals surface area contributed by atoms with Crippen LogP contribution in [0, 0.1) is 5.92 Å². The van der Waals surface area contributed by atoms with Gasteiger partial charge >= 0.3 is 0 Å². The molecule has 0 bridgehead atoms. The predicted molar refractivity (Wildman–Crippen MR) is 91.4 cm³/mol. The number of ether oxygens (including phenoxy) is 1. The largest absolute Gasteiger partial charge is 0.363 e. The molecule has 1 aromatic heterocycles. The Hall–Kier alpha value is -0.910. The maximum Gasteiger partial charge on any atom is 0.248 e. The first-order valence-electron chi connectivity index (χ1n) is 8.83. The summed E-state index contributed by atoms with van der Waals surface area (Å²) in [6.45, 7) is 6.59. The molecule has 0 unspecified atom stereocenters. The molecule has 1 amide bonds. The lowest BCUT2D eigenvalue weighted by molar-refractivity contribution is -0.187. The highest BCUT2D eigenvalue weighted by Crippen LogP contribution is 2.38. The van der Waals surface area contributed by atoms with Gasteiger partial charge in [-0.05, 0) is 60.9 Å². The van der Waals surface area contributed by atoms with E-state index in [1.807, 2.05) is 0 Å². The van der Waals surface area contributed by atoms with Crippen molar-refractivity contribution >= 4 is 17.2 Å². The highest BCUT2D eigenvalue weighted by Gasteiger charge is 2.48. The molecule has 0 N–H and O–H groups in total. The lowest BCUT2D eigenvalue weighted by Gasteiger charge is -2.51. The van der Waals surface area contributed by atoms with E-state index in [2.05, 4.69) is 33.6 Å². The molecule has 3 fully saturated rings. The Labute approximate surface area is 142 Å². The van der Waals surface area contributed by atoms with Crippen LogP contribution >= 0.6 is 11.3 Å². The minimum atomic E-state index is -0.117. The van der Waals surface area contributed by atoms with Crippen LogP contribution in [0.5, 0.6) is 0 Å². The number of thiophene rings is 1. The van der Waals surface area contributed by atoms with Crippen LogP contribution in [0.4, 0.5) is 0 Å². The smallest absolute Gasteiger partial charge is 0.248 e. The zero-order chi connectivity index (χ0) is 15.9. The minimum absolute atomic E-state index is 0.117. The van der Waals surface area contributed by atoms with E-state index in [0.29, 0.717) is 0 Å². The zero-order valence-electron chi connectivity index (χ0n) is 13.9. The van der Waals surface area contributed by atoms with Gasteiger partial charge in [-0.2, -0.15) is 11.3 Å². The van der Waals surface area contributed by atoms with Crippen LogP contribution in [0.25, 0.3) is 0 Å². The Morgan fingerprint density at radius 3 is 2.78 bits per heavy atom. The molecule has 1 aliphatic carbocycles. The van der Waals surface area contributed by atoms with Gasteiger partial charge in [-0.1, -0.05) is 0 Å². The summed E-state index contributed by atoms with van der Waals surface area (Å²) in [4.78, 5) is 16.9. The number of morpholine rings is 1. The SMILES string of the molecule is C[C@@H]1N(CC2CC2)C(=O)COC12CCN(Cc1ccsc1)CC2. The second-order valence-electron chi connectivity index (χ2n) is 7.43. The summed E-state index contributed by atoms with van der Waals surface area (Å²) >= 11 is 1.77. The number of amides is 1. The average molecular weight is 334 g/mol. The van der Waals surface area contributed by atoms with Crippen LogP contribution in [0.3, 0.4) is 0 Å². The van der Waals surface area contributed by atoms with Crippen molar-refractivity contribution in [2.24, 2.45) is 5.92 Å². The molecular formula is C18H26N2O2S. The molecule has 0 aromatic carbocycles. The number of likely N-dealkylation sites (tertiary alicyclic amines) is 1. The maximum absolute atomic E-state index is 12.3. The molecule has 126 valence electrons. The van der Waals surface area contributed by atoms with Crippen molar-refractivity contribution in [1.82, 2.24) is 9.80 Å². The van der Waals surface area contributed by atoms with E-state index in [1.165, 1.54) is 18.4 Å². The quantitative estimate of drug-likeness (QED) is 0.849. The number of nitrogens with zero attached hydrogens (tertiary/aromatic N) is 2. The van der Waals surface area contributed by atoms with Crippen LogP contribution in [0.1, 0.15) is 38.2 Å². The van der Waals surface area contributed by atoms with Gasteiger partial charge in [0.25, 0.3) is 0 Å². The Morgan fingerprint density at radius 2 is 2.13 bits per heavy atom. The summed E-state index contributed by atoms with van der Waals surface area (Å²) < 4.78 is 6.13. The van der Waals surface area contributed by atoms with Crippen molar-refractivity contribution in [3.8, 4) is 0 Å². The van der Waals surface area contributed by atoms with Crippen molar-refractivity contribution < 1.29 is 9.53 Å². The topological polar surface area (TPSA) is 32.8 Å². The van der Waals surface area contributed by atoms with E-state index in [4.69, 9.17) is 4.74 Å². The monoisotopic (exact) mass is 334 g/mol. The molecule has 4 rings (SSSR count). The van der Waals surface area contributed by atoms with Gasteiger partial charge in [0.15, 0.2) is 0 Å². The van der Waals surface area contributed by atoms with Crippen molar-refractivity contribution in [3.63, 3.8) is 0 Å². The first kappa shape index (κ1) is 15.6. The third-order valence-corrected chi connectivity index (χ3v) is 6.60. The maximum atomic E-state index is 12.3. The van der Waals surface area contributed by atoms with Gasteiger partial charge in [-0.15, -0.1) is 0 Å². The molecular weight excluding hydrogens is 308 g/mol. The van der Waals surface area contributed by atoms with Crippen LogP contribution in [0.2, 0.25) is 0 Å². The van der Waals surface area contributed by atoms with Crippen LogP contribution in [0.15, 0.2) is 16.8 Å². The van der Waals surface area contributed by atoms with E-state index in [1.54, 1.807) is 11.3 Å². The highest BCUT2D eigenvalue weighted by atomic mass is 32.1. The number of rotatable bonds is 4. The van der Waals surface area contributed by atoms with E-state index >= 15 is 0 Å².